The van der Waals surface area contributed by atoms with E-state index in [0.717, 1.165) is 0 Å². The molecule has 1 aromatic heterocycles. The molecule has 27 heavy (non-hydrogen) atoms. The number of benzene rings is 2. The Bertz CT molecular complexity index is 1030. The molecule has 0 amide bonds. The van der Waals surface area contributed by atoms with Gasteiger partial charge in [-0.3, -0.25) is 4.79 Å². The second-order valence-corrected chi connectivity index (χ2v) is 5.38. The van der Waals surface area contributed by atoms with Gasteiger partial charge in [0, 0.05) is 34.5 Å². The largest absolute Gasteiger partial charge is 0.507 e. The van der Waals surface area contributed by atoms with Gasteiger partial charge in [-0.2, -0.15) is 0 Å². The average Bonchev–Trinajstić information content (AvgIpc) is 2.66. The third-order valence-corrected chi connectivity index (χ3v) is 3.99. The van der Waals surface area contributed by atoms with Crippen LogP contribution in [0.2, 0.25) is 0 Å². The van der Waals surface area contributed by atoms with Crippen LogP contribution in [0.1, 0.15) is 0 Å². The monoisotopic (exact) mass is 417 g/mol. The van der Waals surface area contributed by atoms with Crippen LogP contribution in [0.3, 0.4) is 0 Å². The summed E-state index contributed by atoms with van der Waals surface area (Å²) >= 11 is 0. The van der Waals surface area contributed by atoms with E-state index >= 15 is 0 Å². The minimum Gasteiger partial charge on any atom is -0.507 e. The molecule has 0 fully saturated rings. The maximum Gasteiger partial charge on any atom is 0.239 e. The average molecular weight is 417 g/mol. The fraction of sp³-hybridized carbons (Fsp3) is 0.211. The molecule has 0 spiro atoms. The molecule has 8 heteroatoms. The normalized spacial score (nSPS) is 10.2. The van der Waals surface area contributed by atoms with Gasteiger partial charge < -0.3 is 28.5 Å². The number of aromatic hydroxyl groups is 1. The van der Waals surface area contributed by atoms with Crippen molar-refractivity contribution in [3.8, 4) is 40.1 Å². The Morgan fingerprint density at radius 3 is 2.19 bits per heavy atom. The standard InChI is InChI=1S/C19H18O7.Co/c1-22-11-8-12(20)16-15(9-11)26-18(19(25-4)17(16)21)10-5-6-13(23-2)14(7-10)24-3;/h5-9,20H,1-4H3;. The van der Waals surface area contributed by atoms with Crippen molar-refractivity contribution in [2.24, 2.45) is 0 Å². The molecule has 0 unspecified atom stereocenters. The molecule has 0 aliphatic heterocycles. The molecule has 1 heterocycles. The van der Waals surface area contributed by atoms with Gasteiger partial charge in [-0.1, -0.05) is 0 Å². The van der Waals surface area contributed by atoms with E-state index < -0.39 is 5.43 Å². The van der Waals surface area contributed by atoms with E-state index in [1.807, 2.05) is 0 Å². The van der Waals surface area contributed by atoms with Gasteiger partial charge in [0.2, 0.25) is 11.2 Å². The number of phenols is 1. The summed E-state index contributed by atoms with van der Waals surface area (Å²) in [6.07, 6.45) is 0. The molecule has 7 nitrogen and oxygen atoms in total. The van der Waals surface area contributed by atoms with Crippen molar-refractivity contribution in [1.29, 1.82) is 0 Å². The number of hydrogen-bond acceptors (Lipinski definition) is 7. The molecule has 1 radical (unpaired) electrons. The predicted octanol–water partition coefficient (Wildman–Crippen LogP) is 3.20. The third-order valence-electron chi connectivity index (χ3n) is 3.99. The number of hydrogen-bond donors (Lipinski definition) is 1. The van der Waals surface area contributed by atoms with Gasteiger partial charge in [-0.05, 0) is 18.2 Å². The van der Waals surface area contributed by atoms with E-state index in [2.05, 4.69) is 0 Å². The van der Waals surface area contributed by atoms with Crippen molar-refractivity contribution >= 4 is 11.0 Å². The molecule has 0 bridgehead atoms. The summed E-state index contributed by atoms with van der Waals surface area (Å²) in [7, 11) is 5.86. The molecule has 0 saturated heterocycles. The van der Waals surface area contributed by atoms with Crippen LogP contribution in [0.4, 0.5) is 0 Å². The summed E-state index contributed by atoms with van der Waals surface area (Å²) in [6, 6.07) is 7.95. The van der Waals surface area contributed by atoms with Crippen molar-refractivity contribution in [1.82, 2.24) is 0 Å². The second-order valence-electron chi connectivity index (χ2n) is 5.38. The van der Waals surface area contributed by atoms with Crippen LogP contribution in [0.15, 0.2) is 39.5 Å². The van der Waals surface area contributed by atoms with Crippen molar-refractivity contribution in [2.75, 3.05) is 28.4 Å². The number of fused-ring (bicyclic) bond motifs is 1. The van der Waals surface area contributed by atoms with E-state index in [4.69, 9.17) is 23.4 Å². The third kappa shape index (κ3) is 3.53. The van der Waals surface area contributed by atoms with Crippen LogP contribution < -0.4 is 24.4 Å². The molecular weight excluding hydrogens is 399 g/mol. The SMILES string of the molecule is COc1cc(O)c2c(=O)c(OC)c(-c3ccc(OC)c(OC)c3)oc2c1.[Co]. The van der Waals surface area contributed by atoms with Crippen LogP contribution >= 0.6 is 0 Å². The van der Waals surface area contributed by atoms with Crippen molar-refractivity contribution in [3.05, 3.63) is 40.6 Å². The first-order chi connectivity index (χ1) is 12.5. The first-order valence-electron chi connectivity index (χ1n) is 7.68. The minimum atomic E-state index is -0.487. The first kappa shape index (κ1) is 20.5. The van der Waals surface area contributed by atoms with Gasteiger partial charge in [0.1, 0.15) is 22.5 Å². The summed E-state index contributed by atoms with van der Waals surface area (Å²) in [5.41, 5.74) is 0.247. The Labute approximate surface area is 165 Å². The smallest absolute Gasteiger partial charge is 0.239 e. The van der Waals surface area contributed by atoms with E-state index in [0.29, 0.717) is 22.8 Å². The first-order valence-corrected chi connectivity index (χ1v) is 7.68. The molecule has 145 valence electrons. The van der Waals surface area contributed by atoms with Gasteiger partial charge in [0.25, 0.3) is 0 Å². The molecule has 2 aromatic carbocycles. The molecule has 0 atom stereocenters. The van der Waals surface area contributed by atoms with E-state index in [9.17, 15) is 9.90 Å². The Morgan fingerprint density at radius 1 is 0.889 bits per heavy atom. The van der Waals surface area contributed by atoms with Crippen LogP contribution in [0.25, 0.3) is 22.3 Å². The molecule has 1 N–H and O–H groups in total. The molecular formula is C19H18CoO7. The minimum absolute atomic E-state index is 0. The summed E-state index contributed by atoms with van der Waals surface area (Å²) in [5.74, 6) is 1.32. The molecule has 0 saturated carbocycles. The van der Waals surface area contributed by atoms with Gasteiger partial charge in [0.15, 0.2) is 17.3 Å². The predicted molar refractivity (Wildman–Crippen MR) is 95.8 cm³/mol. The number of rotatable bonds is 5. The van der Waals surface area contributed by atoms with Crippen molar-refractivity contribution < 1.29 is 45.2 Å². The number of ether oxygens (including phenoxy) is 4. The van der Waals surface area contributed by atoms with Gasteiger partial charge in [-0.25, -0.2) is 0 Å². The van der Waals surface area contributed by atoms with E-state index in [1.54, 1.807) is 18.2 Å². The molecule has 3 aromatic rings. The van der Waals surface area contributed by atoms with Crippen LogP contribution in [0, 0.1) is 0 Å². The number of phenolic OH excluding ortho intramolecular Hbond substituents is 1. The maximum absolute atomic E-state index is 12.8. The topological polar surface area (TPSA) is 87.4 Å². The fourth-order valence-electron chi connectivity index (χ4n) is 2.73. The molecule has 0 aliphatic rings. The fourth-order valence-corrected chi connectivity index (χ4v) is 2.73. The van der Waals surface area contributed by atoms with E-state index in [1.165, 1.54) is 40.6 Å². The van der Waals surface area contributed by atoms with Crippen molar-refractivity contribution in [2.45, 2.75) is 0 Å². The van der Waals surface area contributed by atoms with Gasteiger partial charge >= 0.3 is 0 Å². The number of methoxy groups -OCH3 is 4. The zero-order chi connectivity index (χ0) is 18.8. The Hall–Kier alpha value is -2.84. The summed E-state index contributed by atoms with van der Waals surface area (Å²) in [4.78, 5) is 12.8. The summed E-state index contributed by atoms with van der Waals surface area (Å²) in [5, 5.41) is 10.2. The second kappa shape index (κ2) is 8.23. The van der Waals surface area contributed by atoms with Crippen LogP contribution in [-0.2, 0) is 16.8 Å². The summed E-state index contributed by atoms with van der Waals surface area (Å²) in [6.45, 7) is 0. The Balaban J connectivity index is 0.00000261. The molecule has 3 rings (SSSR count). The van der Waals surface area contributed by atoms with Crippen LogP contribution in [-0.4, -0.2) is 33.5 Å². The van der Waals surface area contributed by atoms with Gasteiger partial charge in [0.05, 0.1) is 28.4 Å². The Kier molecular flexibility index (Phi) is 6.24. The summed E-state index contributed by atoms with van der Waals surface area (Å²) < 4.78 is 26.8. The quantitative estimate of drug-likeness (QED) is 0.682. The zero-order valence-corrected chi connectivity index (χ0v) is 16.2. The van der Waals surface area contributed by atoms with Crippen molar-refractivity contribution in [3.63, 3.8) is 0 Å². The van der Waals surface area contributed by atoms with Crippen LogP contribution in [0.5, 0.6) is 28.7 Å². The van der Waals surface area contributed by atoms with E-state index in [-0.39, 0.29) is 45.0 Å². The van der Waals surface area contributed by atoms with Gasteiger partial charge in [-0.15, -0.1) is 0 Å². The maximum atomic E-state index is 12.8. The molecule has 0 aliphatic carbocycles. The Morgan fingerprint density at radius 2 is 1.59 bits per heavy atom. The zero-order valence-electron chi connectivity index (χ0n) is 15.1.